The molecule has 4 heterocycles. The van der Waals surface area contributed by atoms with Gasteiger partial charge in [-0.1, -0.05) is 30.0 Å². The molecule has 4 unspecified atom stereocenters. The van der Waals surface area contributed by atoms with Crippen molar-refractivity contribution in [1.29, 1.82) is 0 Å². The molecule has 3 aliphatic rings. The molecule has 0 radical (unpaired) electrons. The number of ether oxygens (including phenoxy) is 3. The van der Waals surface area contributed by atoms with E-state index in [9.17, 15) is 9.59 Å². The molecule has 7 nitrogen and oxygen atoms in total. The van der Waals surface area contributed by atoms with Gasteiger partial charge in [0.2, 0.25) is 11.6 Å². The maximum atomic E-state index is 12.2. The molecule has 1 aromatic carbocycles. The fraction of sp³-hybridized carbons (Fsp3) is 0.320. The number of rotatable bonds is 2. The molecule has 0 saturated carbocycles. The van der Waals surface area contributed by atoms with Gasteiger partial charge in [0.05, 0.1) is 0 Å². The first kappa shape index (κ1) is 20.3. The van der Waals surface area contributed by atoms with E-state index in [1.807, 2.05) is 48.3 Å². The third-order valence-electron chi connectivity index (χ3n) is 6.28. The molecule has 7 heteroatoms. The highest BCUT2D eigenvalue weighted by Crippen LogP contribution is 2.46. The van der Waals surface area contributed by atoms with E-state index in [1.165, 1.54) is 0 Å². The van der Waals surface area contributed by atoms with E-state index in [4.69, 9.17) is 14.2 Å². The van der Waals surface area contributed by atoms with Crippen LogP contribution in [0.1, 0.15) is 30.4 Å². The molecule has 162 valence electrons. The molecule has 2 saturated heterocycles. The lowest BCUT2D eigenvalue weighted by atomic mass is 9.93. The first-order valence-electron chi connectivity index (χ1n) is 10.6. The molecular formula is C25H22N2O5. The van der Waals surface area contributed by atoms with Crippen LogP contribution in [0.3, 0.4) is 0 Å². The molecule has 2 bridgehead atoms. The zero-order chi connectivity index (χ0) is 22.1. The summed E-state index contributed by atoms with van der Waals surface area (Å²) in [6, 6.07) is 13.5. The average molecular weight is 430 g/mol. The highest BCUT2D eigenvalue weighted by atomic mass is 16.6. The molecule has 0 amide bonds. The van der Waals surface area contributed by atoms with Gasteiger partial charge in [0, 0.05) is 54.4 Å². The summed E-state index contributed by atoms with van der Waals surface area (Å²) in [4.78, 5) is 30.8. The monoisotopic (exact) mass is 430 g/mol. The molecule has 3 aliphatic heterocycles. The second-order valence-corrected chi connectivity index (χ2v) is 8.15. The summed E-state index contributed by atoms with van der Waals surface area (Å²) in [5, 5.41) is 0. The zero-order valence-electron chi connectivity index (χ0n) is 17.6. The Morgan fingerprint density at radius 3 is 2.62 bits per heavy atom. The predicted octanol–water partition coefficient (Wildman–Crippen LogP) is 2.45. The van der Waals surface area contributed by atoms with Gasteiger partial charge in [-0.2, -0.15) is 0 Å². The first-order chi connectivity index (χ1) is 15.5. The van der Waals surface area contributed by atoms with Gasteiger partial charge >= 0.3 is 11.9 Å². The van der Waals surface area contributed by atoms with Crippen molar-refractivity contribution in [2.24, 2.45) is 0 Å². The van der Waals surface area contributed by atoms with Gasteiger partial charge in [0.1, 0.15) is 6.10 Å². The number of piperidine rings is 1. The van der Waals surface area contributed by atoms with Crippen molar-refractivity contribution in [2.75, 3.05) is 7.05 Å². The molecule has 2 aromatic rings. The maximum Gasteiger partial charge on any atom is 0.332 e. The third-order valence-corrected chi connectivity index (χ3v) is 6.28. The summed E-state index contributed by atoms with van der Waals surface area (Å²) in [6.45, 7) is 0. The van der Waals surface area contributed by atoms with Gasteiger partial charge in [0.25, 0.3) is 0 Å². The summed E-state index contributed by atoms with van der Waals surface area (Å²) in [5.41, 5.74) is 0.652. The number of carbonyl (C=O) groups is 2. The Bertz CT molecular complexity index is 1120. The van der Waals surface area contributed by atoms with E-state index in [1.54, 1.807) is 12.3 Å². The quantitative estimate of drug-likeness (QED) is 0.535. The second kappa shape index (κ2) is 8.13. The van der Waals surface area contributed by atoms with Crippen molar-refractivity contribution in [3.63, 3.8) is 0 Å². The molecule has 1 aromatic heterocycles. The lowest BCUT2D eigenvalue weighted by Crippen LogP contribution is -2.66. The van der Waals surface area contributed by atoms with Crippen LogP contribution in [0, 0.1) is 11.8 Å². The Labute approximate surface area is 186 Å². The predicted molar refractivity (Wildman–Crippen MR) is 114 cm³/mol. The number of hydrogen-bond donors (Lipinski definition) is 0. The van der Waals surface area contributed by atoms with Gasteiger partial charge in [0.15, 0.2) is 6.10 Å². The van der Waals surface area contributed by atoms with Crippen molar-refractivity contribution >= 4 is 11.9 Å². The Balaban J connectivity index is 1.37. The molecule has 2 fully saturated rings. The average Bonchev–Trinajstić information content (AvgIpc) is 3.02. The SMILES string of the molecule is CN1C2CCC13OC(=O)/C=C/C(=O)OC3C(Oc1ccc(C#Cc3ccccc3)cn1)C2. The molecule has 32 heavy (non-hydrogen) atoms. The zero-order valence-corrected chi connectivity index (χ0v) is 17.6. The van der Waals surface area contributed by atoms with Crippen LogP contribution in [0.4, 0.5) is 0 Å². The van der Waals surface area contributed by atoms with Crippen LogP contribution in [0.5, 0.6) is 5.88 Å². The minimum Gasteiger partial charge on any atom is -0.470 e. The number of esters is 2. The van der Waals surface area contributed by atoms with Crippen molar-refractivity contribution in [3.8, 4) is 17.7 Å². The van der Waals surface area contributed by atoms with Crippen LogP contribution >= 0.6 is 0 Å². The van der Waals surface area contributed by atoms with Gasteiger partial charge in [-0.25, -0.2) is 14.6 Å². The van der Waals surface area contributed by atoms with Crippen molar-refractivity contribution in [2.45, 2.75) is 43.2 Å². The standard InChI is InChI=1S/C25H22N2O5/c1-27-19-13-14-25(27)24(31-22(28)11-12-23(29)32-25)20(15-19)30-21-10-9-18(16-26-21)8-7-17-5-3-2-4-6-17/h2-6,9-12,16,19-20,24H,13-15H2,1H3/b12-11+. The number of pyridine rings is 1. The minimum absolute atomic E-state index is 0.155. The summed E-state index contributed by atoms with van der Waals surface area (Å²) in [5.74, 6) is 5.44. The van der Waals surface area contributed by atoms with Crippen molar-refractivity contribution < 1.29 is 23.8 Å². The molecule has 4 atom stereocenters. The lowest BCUT2D eigenvalue weighted by Gasteiger charge is -2.49. The molecule has 1 spiro atoms. The third kappa shape index (κ3) is 3.74. The van der Waals surface area contributed by atoms with Gasteiger partial charge in [-0.3, -0.25) is 4.90 Å². The molecule has 0 aliphatic carbocycles. The van der Waals surface area contributed by atoms with Crippen molar-refractivity contribution in [3.05, 3.63) is 71.9 Å². The maximum absolute atomic E-state index is 12.2. The van der Waals surface area contributed by atoms with Crippen LogP contribution in [0.2, 0.25) is 0 Å². The smallest absolute Gasteiger partial charge is 0.332 e. The normalized spacial score (nSPS) is 30.0. The Morgan fingerprint density at radius 2 is 1.84 bits per heavy atom. The fourth-order valence-electron chi connectivity index (χ4n) is 4.67. The van der Waals surface area contributed by atoms with E-state index in [0.29, 0.717) is 18.7 Å². The van der Waals surface area contributed by atoms with Crippen LogP contribution in [0.25, 0.3) is 0 Å². The summed E-state index contributed by atoms with van der Waals surface area (Å²) < 4.78 is 17.7. The molecule has 5 rings (SSSR count). The summed E-state index contributed by atoms with van der Waals surface area (Å²) >= 11 is 0. The van der Waals surface area contributed by atoms with Gasteiger partial charge in [-0.05, 0) is 31.7 Å². The molecular weight excluding hydrogens is 408 g/mol. The topological polar surface area (TPSA) is 78.0 Å². The number of hydrogen-bond acceptors (Lipinski definition) is 7. The summed E-state index contributed by atoms with van der Waals surface area (Å²) in [6.07, 6.45) is 4.63. The largest absolute Gasteiger partial charge is 0.470 e. The van der Waals surface area contributed by atoms with Crippen LogP contribution in [-0.4, -0.2) is 52.8 Å². The van der Waals surface area contributed by atoms with Gasteiger partial charge in [-0.15, -0.1) is 0 Å². The van der Waals surface area contributed by atoms with Crippen LogP contribution in [-0.2, 0) is 19.1 Å². The molecule has 0 N–H and O–H groups in total. The second-order valence-electron chi connectivity index (χ2n) is 8.15. The van der Waals surface area contributed by atoms with E-state index in [2.05, 4.69) is 16.8 Å². The van der Waals surface area contributed by atoms with E-state index < -0.39 is 29.9 Å². The van der Waals surface area contributed by atoms with Crippen LogP contribution in [0.15, 0.2) is 60.8 Å². The number of benzene rings is 1. The highest BCUT2D eigenvalue weighted by Gasteiger charge is 2.62. The highest BCUT2D eigenvalue weighted by molar-refractivity contribution is 5.92. The Hall–Kier alpha value is -3.63. The first-order valence-corrected chi connectivity index (χ1v) is 10.6. The minimum atomic E-state index is -1.04. The number of nitrogens with zero attached hydrogens (tertiary/aromatic N) is 2. The van der Waals surface area contributed by atoms with E-state index in [-0.39, 0.29) is 6.04 Å². The number of carbonyl (C=O) groups excluding carboxylic acids is 2. The summed E-state index contributed by atoms with van der Waals surface area (Å²) in [7, 11) is 1.89. The van der Waals surface area contributed by atoms with E-state index >= 15 is 0 Å². The fourth-order valence-corrected chi connectivity index (χ4v) is 4.67. The number of fused-ring (bicyclic) bond motifs is 1. The van der Waals surface area contributed by atoms with E-state index in [0.717, 1.165) is 29.7 Å². The Kier molecular flexibility index (Phi) is 5.16. The van der Waals surface area contributed by atoms with Gasteiger partial charge < -0.3 is 14.2 Å². The lowest BCUT2D eigenvalue weighted by molar-refractivity contribution is -0.239. The van der Waals surface area contributed by atoms with Crippen LogP contribution < -0.4 is 4.74 Å². The van der Waals surface area contributed by atoms with Crippen molar-refractivity contribution in [1.82, 2.24) is 9.88 Å². The number of likely N-dealkylation sites (N-methyl/N-ethyl adjacent to an activating group) is 1. The Morgan fingerprint density at radius 1 is 1.06 bits per heavy atom. The number of aromatic nitrogens is 1.